The molecule has 13 heteroatoms. The minimum atomic E-state index is -3.46. The number of imide groups is 1. The minimum absolute atomic E-state index is 0.0169. The van der Waals surface area contributed by atoms with E-state index in [-0.39, 0.29) is 18.4 Å². The molecule has 2 aliphatic heterocycles. The van der Waals surface area contributed by atoms with Crippen LogP contribution in [0, 0.1) is 0 Å². The van der Waals surface area contributed by atoms with Gasteiger partial charge in [-0.25, -0.2) is 4.79 Å². The van der Waals surface area contributed by atoms with Crippen LogP contribution < -0.4 is 35.2 Å². The van der Waals surface area contributed by atoms with Gasteiger partial charge in [0.05, 0.1) is 38.8 Å². The Labute approximate surface area is 322 Å². The molecule has 286 valence electrons. The zero-order valence-corrected chi connectivity index (χ0v) is 33.4. The summed E-state index contributed by atoms with van der Waals surface area (Å²) in [6, 6.07) is 25.1. The smallest absolute Gasteiger partial charge is 0.364 e. The highest BCUT2D eigenvalue weighted by atomic mass is 35.5. The monoisotopic (exact) mass is 775 g/mol. The third-order valence-corrected chi connectivity index (χ3v) is 13.1. The molecular formula is C41H47ClN3O8P. The molecule has 0 aromatic heterocycles. The first-order valence-electron chi connectivity index (χ1n) is 18.0. The first-order valence-corrected chi connectivity index (χ1v) is 20.0. The second kappa shape index (κ2) is 17.5. The van der Waals surface area contributed by atoms with Gasteiger partial charge in [-0.15, -0.1) is 5.06 Å². The summed E-state index contributed by atoms with van der Waals surface area (Å²) in [5, 5.41) is 2.71. The molecule has 0 N–H and O–H groups in total. The Balaban J connectivity index is 0.00000181. The first-order chi connectivity index (χ1) is 26.1. The van der Waals surface area contributed by atoms with Gasteiger partial charge in [-0.3, -0.25) is 13.9 Å². The van der Waals surface area contributed by atoms with Crippen LogP contribution in [-0.4, -0.2) is 70.4 Å². The Morgan fingerprint density at radius 1 is 0.741 bits per heavy atom. The maximum atomic E-state index is 16.2. The van der Waals surface area contributed by atoms with Gasteiger partial charge in [0.15, 0.2) is 7.14 Å². The topological polar surface area (TPSA) is 115 Å². The van der Waals surface area contributed by atoms with E-state index in [1.807, 2.05) is 30.3 Å². The lowest BCUT2D eigenvalue weighted by Gasteiger charge is -2.37. The van der Waals surface area contributed by atoms with Crippen LogP contribution in [0.2, 0.25) is 0 Å². The number of hydroxylamine groups is 2. The van der Waals surface area contributed by atoms with Gasteiger partial charge < -0.3 is 28.7 Å². The van der Waals surface area contributed by atoms with Crippen molar-refractivity contribution in [2.75, 3.05) is 57.3 Å². The molecule has 4 aromatic carbocycles. The lowest BCUT2D eigenvalue weighted by Crippen LogP contribution is -2.38. The fourth-order valence-electron chi connectivity index (χ4n) is 7.33. The van der Waals surface area contributed by atoms with Crippen LogP contribution in [0.1, 0.15) is 73.5 Å². The van der Waals surface area contributed by atoms with Gasteiger partial charge in [0, 0.05) is 77.8 Å². The summed E-state index contributed by atoms with van der Waals surface area (Å²) in [7, 11) is 0.946. The van der Waals surface area contributed by atoms with Crippen molar-refractivity contribution >= 4 is 64.1 Å². The average Bonchev–Trinajstić information content (AvgIpc) is 3.51. The third kappa shape index (κ3) is 7.45. The van der Waals surface area contributed by atoms with E-state index in [9.17, 15) is 14.4 Å². The molecule has 2 amide bonds. The number of carbonyl (C=O) groups excluding carboxylic acids is 3. The first kappa shape index (κ1) is 40.4. The number of methoxy groups -OCH3 is 2. The van der Waals surface area contributed by atoms with E-state index in [0.717, 1.165) is 64.6 Å². The molecule has 2 aliphatic rings. The van der Waals surface area contributed by atoms with Gasteiger partial charge in [-0.2, -0.15) is 0 Å². The summed E-state index contributed by atoms with van der Waals surface area (Å²) < 4.78 is 31.9. The number of carbonyl (C=O) groups is 3. The minimum Gasteiger partial charge on any atom is -0.496 e. The second-order valence-electron chi connectivity index (χ2n) is 12.6. The van der Waals surface area contributed by atoms with E-state index < -0.39 is 30.8 Å². The summed E-state index contributed by atoms with van der Waals surface area (Å²) in [6.45, 7) is 11.5. The number of hydrogen-bond donors (Lipinski definition) is 0. The van der Waals surface area contributed by atoms with Crippen molar-refractivity contribution in [2.24, 2.45) is 0 Å². The molecule has 2 heterocycles. The molecule has 0 bridgehead atoms. The molecule has 1 saturated heterocycles. The SMILES string of the molecule is CCN(CC)c1ccc2c(c1)P(=O)(c1ccccc1)c1cc(N(CC)CC)ccc1C2c1c(OC)cc(C(=O)ON2C(=O)CCC2=O)cc1OC.COCl. The zero-order valence-electron chi connectivity index (χ0n) is 31.8. The van der Waals surface area contributed by atoms with Crippen LogP contribution in [0.25, 0.3) is 0 Å². The van der Waals surface area contributed by atoms with Crippen LogP contribution in [0.5, 0.6) is 11.5 Å². The molecule has 0 unspecified atom stereocenters. The molecule has 1 fully saturated rings. The van der Waals surface area contributed by atoms with Crippen LogP contribution in [0.3, 0.4) is 0 Å². The van der Waals surface area contributed by atoms with Gasteiger partial charge in [-0.1, -0.05) is 42.5 Å². The van der Waals surface area contributed by atoms with Crippen molar-refractivity contribution in [1.82, 2.24) is 5.06 Å². The lowest BCUT2D eigenvalue weighted by molar-refractivity contribution is -0.172. The molecule has 0 spiro atoms. The van der Waals surface area contributed by atoms with E-state index in [1.165, 1.54) is 33.5 Å². The number of fused-ring (bicyclic) bond motifs is 2. The molecule has 0 radical (unpaired) electrons. The largest absolute Gasteiger partial charge is 0.496 e. The van der Waals surface area contributed by atoms with Crippen molar-refractivity contribution < 1.29 is 37.5 Å². The summed E-state index contributed by atoms with van der Waals surface area (Å²) >= 11 is 4.50. The molecular weight excluding hydrogens is 729 g/mol. The lowest BCUT2D eigenvalue weighted by atomic mass is 9.82. The summed E-state index contributed by atoms with van der Waals surface area (Å²) in [5.74, 6) is -1.88. The summed E-state index contributed by atoms with van der Waals surface area (Å²) in [4.78, 5) is 47.5. The summed E-state index contributed by atoms with van der Waals surface area (Å²) in [5.41, 5.74) is 4.29. The van der Waals surface area contributed by atoms with Crippen LogP contribution in [0.15, 0.2) is 78.9 Å². The number of benzene rings is 4. The maximum Gasteiger partial charge on any atom is 0.364 e. The fraction of sp³-hybridized carbons (Fsp3) is 0.341. The Morgan fingerprint density at radius 3 is 1.59 bits per heavy atom. The highest BCUT2D eigenvalue weighted by Crippen LogP contribution is 2.55. The van der Waals surface area contributed by atoms with E-state index in [0.29, 0.717) is 22.1 Å². The van der Waals surface area contributed by atoms with Crippen molar-refractivity contribution in [3.05, 3.63) is 101 Å². The normalized spacial score (nSPS) is 17.2. The summed E-state index contributed by atoms with van der Waals surface area (Å²) in [6.07, 6.45) is -0.0337. The molecule has 0 saturated carbocycles. The number of hydrogen-bond acceptors (Lipinski definition) is 10. The average molecular weight is 776 g/mol. The van der Waals surface area contributed by atoms with Crippen molar-refractivity contribution in [3.63, 3.8) is 0 Å². The molecule has 0 atom stereocenters. The number of ether oxygens (including phenoxy) is 2. The number of halogens is 1. The fourth-order valence-corrected chi connectivity index (χ4v) is 10.5. The number of amides is 2. The quantitative estimate of drug-likeness (QED) is 0.102. The van der Waals surface area contributed by atoms with Crippen molar-refractivity contribution in [3.8, 4) is 11.5 Å². The number of nitrogens with zero attached hydrogens (tertiary/aromatic N) is 3. The number of anilines is 2. The molecule has 6 rings (SSSR count). The third-order valence-electron chi connectivity index (χ3n) is 9.95. The molecule has 54 heavy (non-hydrogen) atoms. The Morgan fingerprint density at radius 2 is 1.19 bits per heavy atom. The zero-order chi connectivity index (χ0) is 39.2. The van der Waals surface area contributed by atoms with Crippen molar-refractivity contribution in [2.45, 2.75) is 46.5 Å². The van der Waals surface area contributed by atoms with Crippen LogP contribution in [0.4, 0.5) is 11.4 Å². The van der Waals surface area contributed by atoms with Gasteiger partial charge in [0.2, 0.25) is 0 Å². The highest BCUT2D eigenvalue weighted by Gasteiger charge is 2.44. The second-order valence-corrected chi connectivity index (χ2v) is 15.6. The Kier molecular flexibility index (Phi) is 13.1. The number of rotatable bonds is 12. The molecule has 11 nitrogen and oxygen atoms in total. The Hall–Kier alpha value is -4.83. The van der Waals surface area contributed by atoms with E-state index in [2.05, 4.69) is 90.0 Å². The molecule has 4 aromatic rings. The van der Waals surface area contributed by atoms with Crippen molar-refractivity contribution in [1.29, 1.82) is 0 Å². The maximum absolute atomic E-state index is 16.2. The van der Waals surface area contributed by atoms with Crippen LogP contribution >= 0.6 is 19.0 Å². The Bertz CT molecular complexity index is 1940. The standard InChI is InChI=1S/C40H44N3O7P.CH3ClO/c1-7-41(8-2)27-16-18-30-34(24-27)51(47,29-14-12-11-13-15-29)35-25-28(42(9-3)10-4)17-19-31(35)38(30)39-32(48-5)22-26(23-33(39)49-6)40(46)50-43-36(44)20-21-37(43)45;1-3-2/h11-19,22-25,38H,7-10,20-21H2,1-6H3;1H3. The van der Waals surface area contributed by atoms with Gasteiger partial charge in [0.1, 0.15) is 11.5 Å². The predicted molar refractivity (Wildman–Crippen MR) is 213 cm³/mol. The van der Waals surface area contributed by atoms with Gasteiger partial charge in [0.25, 0.3) is 11.8 Å². The predicted octanol–water partition coefficient (Wildman–Crippen LogP) is 6.54. The molecule has 0 aliphatic carbocycles. The van der Waals surface area contributed by atoms with E-state index >= 15 is 4.57 Å². The van der Waals surface area contributed by atoms with Gasteiger partial charge >= 0.3 is 5.97 Å². The highest BCUT2D eigenvalue weighted by molar-refractivity contribution is 7.85. The van der Waals surface area contributed by atoms with Gasteiger partial charge in [-0.05, 0) is 75.2 Å². The van der Waals surface area contributed by atoms with E-state index in [4.69, 9.17) is 14.3 Å². The van der Waals surface area contributed by atoms with Crippen LogP contribution in [-0.2, 0) is 23.3 Å². The van der Waals surface area contributed by atoms with E-state index in [1.54, 1.807) is 0 Å².